The second-order valence-corrected chi connectivity index (χ2v) is 5.39. The molecular weight excluding hydrogens is 340 g/mol. The number of carboxylic acids is 1. The van der Waals surface area contributed by atoms with Gasteiger partial charge in [-0.3, -0.25) is 4.79 Å². The summed E-state index contributed by atoms with van der Waals surface area (Å²) in [5, 5.41) is 9.02. The highest BCUT2D eigenvalue weighted by molar-refractivity contribution is 5.83. The predicted octanol–water partition coefficient (Wildman–Crippen LogP) is 2.94. The third-order valence-corrected chi connectivity index (χ3v) is 3.80. The molecule has 0 aliphatic rings. The van der Waals surface area contributed by atoms with Gasteiger partial charge in [0.15, 0.2) is 23.5 Å². The summed E-state index contributed by atoms with van der Waals surface area (Å²) in [6.07, 6.45) is 1.35. The minimum Gasteiger partial charge on any atom is -0.493 e. The Bertz CT molecular complexity index is 1020. The smallest absolute Gasteiger partial charge is 0.341 e. The van der Waals surface area contributed by atoms with Crippen molar-refractivity contribution in [2.45, 2.75) is 0 Å². The van der Waals surface area contributed by atoms with Gasteiger partial charge in [0.1, 0.15) is 17.6 Å². The van der Waals surface area contributed by atoms with Crippen LogP contribution >= 0.6 is 0 Å². The Kier molecular flexibility index (Phi) is 4.79. The maximum absolute atomic E-state index is 12.8. The van der Waals surface area contributed by atoms with E-state index in [2.05, 4.69) is 0 Å². The van der Waals surface area contributed by atoms with Crippen molar-refractivity contribution in [1.29, 1.82) is 0 Å². The number of hydrogen-bond donors (Lipinski definition) is 1. The van der Waals surface area contributed by atoms with Crippen LogP contribution < -0.4 is 19.6 Å². The predicted molar refractivity (Wildman–Crippen MR) is 94.2 cm³/mol. The van der Waals surface area contributed by atoms with Crippen LogP contribution in [0.3, 0.4) is 0 Å². The molecular formula is C19H16O7. The number of rotatable bonds is 6. The highest BCUT2D eigenvalue weighted by atomic mass is 16.5. The maximum atomic E-state index is 12.8. The van der Waals surface area contributed by atoms with Crippen molar-refractivity contribution in [3.8, 4) is 28.4 Å². The van der Waals surface area contributed by atoms with Gasteiger partial charge >= 0.3 is 5.97 Å². The molecule has 0 amide bonds. The molecule has 7 nitrogen and oxygen atoms in total. The Labute approximate surface area is 148 Å². The number of fused-ring (bicyclic) bond motifs is 1. The second kappa shape index (κ2) is 7.18. The van der Waals surface area contributed by atoms with Gasteiger partial charge in [-0.2, -0.15) is 0 Å². The first-order valence-corrected chi connectivity index (χ1v) is 7.66. The normalized spacial score (nSPS) is 10.5. The first-order chi connectivity index (χ1) is 12.5. The Balaban J connectivity index is 2.03. The number of carbonyl (C=O) groups is 1. The van der Waals surface area contributed by atoms with Gasteiger partial charge in [-0.15, -0.1) is 0 Å². The van der Waals surface area contributed by atoms with E-state index in [1.165, 1.54) is 32.6 Å². The average molecular weight is 356 g/mol. The number of carboxylic acid groups (broad SMARTS) is 1. The summed E-state index contributed by atoms with van der Waals surface area (Å²) in [5.74, 6) is 0.279. The van der Waals surface area contributed by atoms with Crippen LogP contribution in [0, 0.1) is 0 Å². The fourth-order valence-electron chi connectivity index (χ4n) is 2.55. The first kappa shape index (κ1) is 17.3. The minimum absolute atomic E-state index is 0.219. The summed E-state index contributed by atoms with van der Waals surface area (Å²) in [6.45, 7) is -0.473. The SMILES string of the molecule is COc1ccc(-c2coc3cc(OCC(=O)O)ccc3c2=O)cc1OC. The van der Waals surface area contributed by atoms with Gasteiger partial charge in [0.2, 0.25) is 0 Å². The molecule has 0 saturated carbocycles. The van der Waals surface area contributed by atoms with Gasteiger partial charge in [-0.25, -0.2) is 4.79 Å². The van der Waals surface area contributed by atoms with Gasteiger partial charge in [-0.05, 0) is 29.8 Å². The lowest BCUT2D eigenvalue weighted by molar-refractivity contribution is -0.139. The highest BCUT2D eigenvalue weighted by Crippen LogP contribution is 2.32. The fraction of sp³-hybridized carbons (Fsp3) is 0.158. The molecule has 7 heteroatoms. The molecule has 3 rings (SSSR count). The summed E-state index contributed by atoms with van der Waals surface area (Å²) < 4.78 is 21.1. The average Bonchev–Trinajstić information content (AvgIpc) is 2.66. The minimum atomic E-state index is -1.09. The summed E-state index contributed by atoms with van der Waals surface area (Å²) >= 11 is 0. The summed E-state index contributed by atoms with van der Waals surface area (Å²) in [5.41, 5.74) is 1.09. The van der Waals surface area contributed by atoms with Gasteiger partial charge in [0.05, 0.1) is 25.2 Å². The van der Waals surface area contributed by atoms with E-state index in [1.54, 1.807) is 24.3 Å². The van der Waals surface area contributed by atoms with E-state index in [0.717, 1.165) is 0 Å². The van der Waals surface area contributed by atoms with Gasteiger partial charge in [0, 0.05) is 6.07 Å². The molecule has 0 bridgehead atoms. The van der Waals surface area contributed by atoms with Gasteiger partial charge in [-0.1, -0.05) is 6.07 Å². The van der Waals surface area contributed by atoms with Crippen LogP contribution in [0.25, 0.3) is 22.1 Å². The van der Waals surface area contributed by atoms with Crippen molar-refractivity contribution < 1.29 is 28.5 Å². The maximum Gasteiger partial charge on any atom is 0.341 e. The van der Waals surface area contributed by atoms with Crippen LogP contribution in [0.15, 0.2) is 51.9 Å². The standard InChI is InChI=1S/C19H16O7/c1-23-15-6-3-11(7-17(15)24-2)14-9-26-16-8-12(25-10-18(20)21)4-5-13(16)19(14)22/h3-9H,10H2,1-2H3,(H,20,21). The molecule has 0 aliphatic heterocycles. The Morgan fingerprint density at radius 1 is 1.08 bits per heavy atom. The summed E-state index contributed by atoms with van der Waals surface area (Å²) in [6, 6.07) is 9.70. The summed E-state index contributed by atoms with van der Waals surface area (Å²) in [7, 11) is 3.05. The van der Waals surface area contributed by atoms with E-state index in [4.69, 9.17) is 23.7 Å². The first-order valence-electron chi connectivity index (χ1n) is 7.66. The largest absolute Gasteiger partial charge is 0.493 e. The molecule has 0 radical (unpaired) electrons. The lowest BCUT2D eigenvalue weighted by atomic mass is 10.0. The number of ether oxygens (including phenoxy) is 3. The monoisotopic (exact) mass is 356 g/mol. The van der Waals surface area contributed by atoms with Crippen molar-refractivity contribution in [2.75, 3.05) is 20.8 Å². The van der Waals surface area contributed by atoms with Crippen molar-refractivity contribution in [3.63, 3.8) is 0 Å². The van der Waals surface area contributed by atoms with Crippen LogP contribution in [-0.2, 0) is 4.79 Å². The van der Waals surface area contributed by atoms with E-state index >= 15 is 0 Å². The van der Waals surface area contributed by atoms with Gasteiger partial charge in [0.25, 0.3) is 0 Å². The molecule has 2 aromatic carbocycles. The molecule has 0 spiro atoms. The van der Waals surface area contributed by atoms with Crippen LogP contribution in [0.4, 0.5) is 0 Å². The Morgan fingerprint density at radius 2 is 1.85 bits per heavy atom. The molecule has 0 fully saturated rings. The molecule has 3 aromatic rings. The highest BCUT2D eigenvalue weighted by Gasteiger charge is 2.13. The van der Waals surface area contributed by atoms with E-state index in [-0.39, 0.29) is 5.43 Å². The zero-order valence-corrected chi connectivity index (χ0v) is 14.1. The van der Waals surface area contributed by atoms with Crippen molar-refractivity contribution in [2.24, 2.45) is 0 Å². The zero-order chi connectivity index (χ0) is 18.7. The van der Waals surface area contributed by atoms with Crippen LogP contribution in [0.1, 0.15) is 0 Å². The lowest BCUT2D eigenvalue weighted by Gasteiger charge is -2.10. The number of methoxy groups -OCH3 is 2. The Hall–Kier alpha value is -3.48. The van der Waals surface area contributed by atoms with E-state index in [0.29, 0.717) is 39.3 Å². The third-order valence-electron chi connectivity index (χ3n) is 3.80. The van der Waals surface area contributed by atoms with Crippen molar-refractivity contribution in [1.82, 2.24) is 0 Å². The van der Waals surface area contributed by atoms with Crippen molar-refractivity contribution in [3.05, 3.63) is 52.9 Å². The Morgan fingerprint density at radius 3 is 2.54 bits per heavy atom. The topological polar surface area (TPSA) is 95.2 Å². The molecule has 1 N–H and O–H groups in total. The molecule has 0 atom stereocenters. The number of aliphatic carboxylic acids is 1. The van der Waals surface area contributed by atoms with E-state index < -0.39 is 12.6 Å². The van der Waals surface area contributed by atoms with Crippen LogP contribution in [0.5, 0.6) is 17.2 Å². The fourth-order valence-corrected chi connectivity index (χ4v) is 2.55. The molecule has 1 heterocycles. The van der Waals surface area contributed by atoms with Gasteiger partial charge < -0.3 is 23.7 Å². The van der Waals surface area contributed by atoms with Crippen LogP contribution in [0.2, 0.25) is 0 Å². The van der Waals surface area contributed by atoms with Crippen LogP contribution in [-0.4, -0.2) is 31.9 Å². The molecule has 26 heavy (non-hydrogen) atoms. The quantitative estimate of drug-likeness (QED) is 0.725. The van der Waals surface area contributed by atoms with E-state index in [9.17, 15) is 9.59 Å². The van der Waals surface area contributed by atoms with Crippen molar-refractivity contribution >= 4 is 16.9 Å². The second-order valence-electron chi connectivity index (χ2n) is 5.39. The molecule has 0 aliphatic carbocycles. The number of benzene rings is 2. The number of hydrogen-bond acceptors (Lipinski definition) is 6. The molecule has 134 valence electrons. The molecule has 0 unspecified atom stereocenters. The van der Waals surface area contributed by atoms with E-state index in [1.807, 2.05) is 0 Å². The lowest BCUT2D eigenvalue weighted by Crippen LogP contribution is -2.10. The molecule has 0 saturated heterocycles. The summed E-state index contributed by atoms with van der Waals surface area (Å²) in [4.78, 5) is 23.4. The molecule has 1 aromatic heterocycles. The zero-order valence-electron chi connectivity index (χ0n) is 14.1. The third kappa shape index (κ3) is 3.32.